The van der Waals surface area contributed by atoms with Crippen molar-refractivity contribution in [1.82, 2.24) is 4.90 Å². The van der Waals surface area contributed by atoms with E-state index in [1.54, 1.807) is 0 Å². The van der Waals surface area contributed by atoms with Gasteiger partial charge in [-0.3, -0.25) is 9.69 Å². The van der Waals surface area contributed by atoms with Gasteiger partial charge < -0.3 is 10.2 Å². The molecule has 2 aliphatic rings. The molecule has 2 fully saturated rings. The SMILES string of the molecule is O=C(O)C1CC2CCCCC2N1CCCCCO. The van der Waals surface area contributed by atoms with E-state index in [-0.39, 0.29) is 12.6 Å². The third kappa shape index (κ3) is 3.04. The highest BCUT2D eigenvalue weighted by Gasteiger charge is 2.44. The van der Waals surface area contributed by atoms with Crippen LogP contribution >= 0.6 is 0 Å². The summed E-state index contributed by atoms with van der Waals surface area (Å²) in [5, 5.41) is 18.1. The summed E-state index contributed by atoms with van der Waals surface area (Å²) in [4.78, 5) is 13.6. The van der Waals surface area contributed by atoms with E-state index < -0.39 is 5.97 Å². The lowest BCUT2D eigenvalue weighted by Gasteiger charge is -2.32. The van der Waals surface area contributed by atoms with E-state index in [9.17, 15) is 9.90 Å². The smallest absolute Gasteiger partial charge is 0.320 e. The van der Waals surface area contributed by atoms with Crippen LogP contribution in [0.2, 0.25) is 0 Å². The molecule has 18 heavy (non-hydrogen) atoms. The van der Waals surface area contributed by atoms with Crippen molar-refractivity contribution in [1.29, 1.82) is 0 Å². The first-order valence-electron chi connectivity index (χ1n) is 7.33. The fourth-order valence-corrected chi connectivity index (χ4v) is 3.70. The Morgan fingerprint density at radius 2 is 1.94 bits per heavy atom. The molecule has 3 atom stereocenters. The van der Waals surface area contributed by atoms with E-state index in [4.69, 9.17) is 5.11 Å². The van der Waals surface area contributed by atoms with Gasteiger partial charge in [-0.2, -0.15) is 0 Å². The largest absolute Gasteiger partial charge is 0.480 e. The minimum atomic E-state index is -0.647. The molecule has 1 saturated carbocycles. The van der Waals surface area contributed by atoms with Crippen molar-refractivity contribution in [3.8, 4) is 0 Å². The van der Waals surface area contributed by atoms with Crippen LogP contribution in [0.1, 0.15) is 51.4 Å². The number of nitrogens with zero attached hydrogens (tertiary/aromatic N) is 1. The summed E-state index contributed by atoms with van der Waals surface area (Å²) in [6.45, 7) is 1.13. The number of likely N-dealkylation sites (tertiary alicyclic amines) is 1. The molecule has 4 heteroatoms. The summed E-state index contributed by atoms with van der Waals surface area (Å²) < 4.78 is 0. The summed E-state index contributed by atoms with van der Waals surface area (Å²) in [6, 6.07) is 0.251. The molecule has 0 aromatic carbocycles. The van der Waals surface area contributed by atoms with Gasteiger partial charge in [-0.15, -0.1) is 0 Å². The molecule has 2 rings (SSSR count). The molecule has 4 nitrogen and oxygen atoms in total. The van der Waals surface area contributed by atoms with Crippen molar-refractivity contribution >= 4 is 5.97 Å². The number of carboxylic acids is 1. The van der Waals surface area contributed by atoms with Gasteiger partial charge in [0.2, 0.25) is 0 Å². The fourth-order valence-electron chi connectivity index (χ4n) is 3.70. The Balaban J connectivity index is 1.91. The molecular weight excluding hydrogens is 230 g/mol. The van der Waals surface area contributed by atoms with Gasteiger partial charge in [0.25, 0.3) is 0 Å². The van der Waals surface area contributed by atoms with Crippen molar-refractivity contribution in [2.45, 2.75) is 63.5 Å². The van der Waals surface area contributed by atoms with Crippen molar-refractivity contribution in [2.24, 2.45) is 5.92 Å². The highest BCUT2D eigenvalue weighted by Crippen LogP contribution is 2.39. The average Bonchev–Trinajstić information content (AvgIpc) is 2.74. The summed E-state index contributed by atoms with van der Waals surface area (Å²) in [6.07, 6.45) is 8.59. The topological polar surface area (TPSA) is 60.8 Å². The molecule has 0 aromatic rings. The summed E-state index contributed by atoms with van der Waals surface area (Å²) >= 11 is 0. The van der Waals surface area contributed by atoms with Crippen LogP contribution in [-0.2, 0) is 4.79 Å². The minimum Gasteiger partial charge on any atom is -0.480 e. The molecule has 1 heterocycles. The van der Waals surface area contributed by atoms with E-state index in [0.29, 0.717) is 12.0 Å². The molecule has 0 bridgehead atoms. The monoisotopic (exact) mass is 255 g/mol. The van der Waals surface area contributed by atoms with Crippen LogP contribution in [-0.4, -0.2) is 46.3 Å². The third-order valence-corrected chi connectivity index (χ3v) is 4.58. The standard InChI is InChI=1S/C14H25NO3/c16-9-5-1-4-8-15-12-7-3-2-6-11(12)10-13(15)14(17)18/h11-13,16H,1-10H2,(H,17,18). The molecule has 3 unspecified atom stereocenters. The van der Waals surface area contributed by atoms with Gasteiger partial charge in [-0.1, -0.05) is 12.8 Å². The number of rotatable bonds is 6. The number of carbonyl (C=O) groups is 1. The molecule has 0 aromatic heterocycles. The second-order valence-corrected chi connectivity index (χ2v) is 5.72. The zero-order chi connectivity index (χ0) is 13.0. The van der Waals surface area contributed by atoms with Gasteiger partial charge in [0.05, 0.1) is 0 Å². The van der Waals surface area contributed by atoms with E-state index in [2.05, 4.69) is 4.90 Å². The summed E-state index contributed by atoms with van der Waals surface area (Å²) in [5.74, 6) is -0.0377. The number of hydrogen-bond donors (Lipinski definition) is 2. The van der Waals surface area contributed by atoms with Crippen molar-refractivity contribution in [3.63, 3.8) is 0 Å². The number of hydrogen-bond acceptors (Lipinski definition) is 3. The lowest BCUT2D eigenvalue weighted by molar-refractivity contribution is -0.142. The quantitative estimate of drug-likeness (QED) is 0.711. The second-order valence-electron chi connectivity index (χ2n) is 5.72. The maximum atomic E-state index is 11.4. The van der Waals surface area contributed by atoms with Crippen molar-refractivity contribution in [3.05, 3.63) is 0 Å². The number of aliphatic hydroxyl groups is 1. The van der Waals surface area contributed by atoms with E-state index in [1.807, 2.05) is 0 Å². The van der Waals surface area contributed by atoms with Crippen LogP contribution in [0, 0.1) is 5.92 Å². The van der Waals surface area contributed by atoms with Crippen LogP contribution in [0.25, 0.3) is 0 Å². The second kappa shape index (κ2) is 6.53. The minimum absolute atomic E-state index is 0.244. The Kier molecular flexibility index (Phi) is 5.01. The maximum absolute atomic E-state index is 11.4. The number of unbranched alkanes of at least 4 members (excludes halogenated alkanes) is 2. The van der Waals surface area contributed by atoms with Gasteiger partial charge in [0.15, 0.2) is 0 Å². The van der Waals surface area contributed by atoms with Gasteiger partial charge >= 0.3 is 5.97 Å². The van der Waals surface area contributed by atoms with Crippen molar-refractivity contribution in [2.75, 3.05) is 13.2 Å². The van der Waals surface area contributed by atoms with Gasteiger partial charge in [-0.05, 0) is 51.0 Å². The molecule has 1 saturated heterocycles. The summed E-state index contributed by atoms with van der Waals surface area (Å²) in [5.41, 5.74) is 0. The first-order chi connectivity index (χ1) is 8.74. The van der Waals surface area contributed by atoms with Gasteiger partial charge in [-0.25, -0.2) is 0 Å². The number of aliphatic carboxylic acids is 1. The fraction of sp³-hybridized carbons (Fsp3) is 0.929. The normalized spacial score (nSPS) is 32.4. The Hall–Kier alpha value is -0.610. The number of carboxylic acid groups (broad SMARTS) is 1. The molecule has 104 valence electrons. The lowest BCUT2D eigenvalue weighted by atomic mass is 9.85. The van der Waals surface area contributed by atoms with Crippen LogP contribution < -0.4 is 0 Å². The highest BCUT2D eigenvalue weighted by molar-refractivity contribution is 5.74. The third-order valence-electron chi connectivity index (χ3n) is 4.58. The molecule has 0 radical (unpaired) electrons. The zero-order valence-electron chi connectivity index (χ0n) is 11.1. The molecule has 1 aliphatic carbocycles. The maximum Gasteiger partial charge on any atom is 0.320 e. The zero-order valence-corrected chi connectivity index (χ0v) is 11.1. The van der Waals surface area contributed by atoms with Crippen LogP contribution in [0.3, 0.4) is 0 Å². The first-order valence-corrected chi connectivity index (χ1v) is 7.33. The van der Waals surface area contributed by atoms with Crippen LogP contribution in [0.5, 0.6) is 0 Å². The number of fused-ring (bicyclic) bond motifs is 1. The lowest BCUT2D eigenvalue weighted by Crippen LogP contribution is -2.42. The van der Waals surface area contributed by atoms with E-state index >= 15 is 0 Å². The predicted molar refractivity (Wildman–Crippen MR) is 69.4 cm³/mol. The molecule has 1 aliphatic heterocycles. The Morgan fingerprint density at radius 3 is 2.67 bits per heavy atom. The van der Waals surface area contributed by atoms with Crippen LogP contribution in [0.4, 0.5) is 0 Å². The van der Waals surface area contributed by atoms with E-state index in [0.717, 1.165) is 32.2 Å². The van der Waals surface area contributed by atoms with Gasteiger partial charge in [0, 0.05) is 12.6 Å². The van der Waals surface area contributed by atoms with Crippen molar-refractivity contribution < 1.29 is 15.0 Å². The molecular formula is C14H25NO3. The molecule has 2 N–H and O–H groups in total. The average molecular weight is 255 g/mol. The molecule has 0 spiro atoms. The Labute approximate surface area is 109 Å². The Bertz CT molecular complexity index is 282. The predicted octanol–water partition coefficient (Wildman–Crippen LogP) is 1.87. The Morgan fingerprint density at radius 1 is 1.17 bits per heavy atom. The van der Waals surface area contributed by atoms with Gasteiger partial charge in [0.1, 0.15) is 6.04 Å². The number of aliphatic hydroxyl groups excluding tert-OH is 1. The molecule has 0 amide bonds. The highest BCUT2D eigenvalue weighted by atomic mass is 16.4. The van der Waals surface area contributed by atoms with E-state index in [1.165, 1.54) is 25.7 Å². The first kappa shape index (κ1) is 13.8. The van der Waals surface area contributed by atoms with Crippen LogP contribution in [0.15, 0.2) is 0 Å². The summed E-state index contributed by atoms with van der Waals surface area (Å²) in [7, 11) is 0.